The van der Waals surface area contributed by atoms with Crippen LogP contribution < -0.4 is 14.8 Å². The highest BCUT2D eigenvalue weighted by Crippen LogP contribution is 2.36. The van der Waals surface area contributed by atoms with Gasteiger partial charge in [-0.05, 0) is 49.4 Å². The summed E-state index contributed by atoms with van der Waals surface area (Å²) in [6, 6.07) is 4.12. The first kappa shape index (κ1) is 18.7. The molecule has 25 heavy (non-hydrogen) atoms. The molecule has 2 aliphatic heterocycles. The lowest BCUT2D eigenvalue weighted by atomic mass is 10.1. The molecule has 1 atom stereocenters. The smallest absolute Gasteiger partial charge is 0.231 e. The Balaban J connectivity index is 1.44. The van der Waals surface area contributed by atoms with Crippen LogP contribution in [0.25, 0.3) is 0 Å². The van der Waals surface area contributed by atoms with Crippen molar-refractivity contribution in [3.8, 4) is 11.5 Å². The fourth-order valence-electron chi connectivity index (χ4n) is 3.37. The lowest BCUT2D eigenvalue weighted by Gasteiger charge is -2.25. The highest BCUT2D eigenvalue weighted by molar-refractivity contribution is 7.98. The molecule has 3 rings (SSSR count). The molecule has 0 saturated carbocycles. The number of ether oxygens (including phenoxy) is 2. The molecule has 138 valence electrons. The van der Waals surface area contributed by atoms with Crippen molar-refractivity contribution in [3.63, 3.8) is 0 Å². The first-order chi connectivity index (χ1) is 12.2. The summed E-state index contributed by atoms with van der Waals surface area (Å²) in [5, 5.41) is 4.13. The van der Waals surface area contributed by atoms with Crippen LogP contribution in [-0.2, 0) is 11.3 Å². The van der Waals surface area contributed by atoms with Crippen LogP contribution in [0.15, 0.2) is 12.1 Å². The quantitative estimate of drug-likeness (QED) is 0.662. The number of benzene rings is 1. The van der Waals surface area contributed by atoms with E-state index in [1.54, 1.807) is 0 Å². The molecule has 1 saturated heterocycles. The number of amides is 1. The van der Waals surface area contributed by atoms with Crippen molar-refractivity contribution < 1.29 is 14.3 Å². The number of fused-ring (bicyclic) bond motifs is 1. The second kappa shape index (κ2) is 9.01. The van der Waals surface area contributed by atoms with Crippen LogP contribution in [0.3, 0.4) is 0 Å². The Hall–Kier alpha value is -1.11. The number of nitrogens with zero attached hydrogens (tertiary/aromatic N) is 1. The van der Waals surface area contributed by atoms with E-state index in [2.05, 4.69) is 16.5 Å². The molecule has 7 heteroatoms. The predicted molar refractivity (Wildman–Crippen MR) is 102 cm³/mol. The monoisotopic (exact) mass is 384 g/mol. The number of hydrogen-bond donors (Lipinski definition) is 1. The molecule has 0 radical (unpaired) electrons. The molecule has 1 amide bonds. The summed E-state index contributed by atoms with van der Waals surface area (Å²) in [6.45, 7) is 2.69. The summed E-state index contributed by atoms with van der Waals surface area (Å²) < 4.78 is 10.7. The Morgan fingerprint density at radius 2 is 2.16 bits per heavy atom. The molecular weight excluding hydrogens is 360 g/mol. The van der Waals surface area contributed by atoms with Crippen molar-refractivity contribution in [2.24, 2.45) is 0 Å². The minimum absolute atomic E-state index is 0.255. The van der Waals surface area contributed by atoms with E-state index in [-0.39, 0.29) is 6.79 Å². The van der Waals surface area contributed by atoms with Gasteiger partial charge in [-0.25, -0.2) is 0 Å². The van der Waals surface area contributed by atoms with E-state index in [0.717, 1.165) is 49.4 Å². The average Bonchev–Trinajstić information content (AvgIpc) is 3.19. The molecule has 1 N–H and O–H groups in total. The lowest BCUT2D eigenvalue weighted by molar-refractivity contribution is -0.129. The van der Waals surface area contributed by atoms with Crippen molar-refractivity contribution >= 4 is 29.3 Å². The zero-order chi connectivity index (χ0) is 17.6. The highest BCUT2D eigenvalue weighted by Gasteiger charge is 2.29. The third kappa shape index (κ3) is 4.74. The van der Waals surface area contributed by atoms with Crippen LogP contribution in [0, 0.1) is 0 Å². The summed E-state index contributed by atoms with van der Waals surface area (Å²) in [6.07, 6.45) is 5.83. The maximum absolute atomic E-state index is 12.0. The third-order valence-electron chi connectivity index (χ3n) is 4.71. The van der Waals surface area contributed by atoms with Crippen molar-refractivity contribution in [2.45, 2.75) is 38.3 Å². The topological polar surface area (TPSA) is 50.8 Å². The zero-order valence-corrected chi connectivity index (χ0v) is 16.1. The number of hydrogen-bond acceptors (Lipinski definition) is 5. The number of rotatable bonds is 9. The summed E-state index contributed by atoms with van der Waals surface area (Å²) >= 11 is 8.13. The molecule has 0 spiro atoms. The van der Waals surface area contributed by atoms with Gasteiger partial charge in [0.25, 0.3) is 0 Å². The van der Waals surface area contributed by atoms with Crippen molar-refractivity contribution in [1.29, 1.82) is 0 Å². The van der Waals surface area contributed by atoms with Crippen LogP contribution in [-0.4, -0.2) is 48.7 Å². The summed E-state index contributed by atoms with van der Waals surface area (Å²) in [5.41, 5.74) is 1.00. The molecule has 0 bridgehead atoms. The number of thioether (sulfide) groups is 1. The van der Waals surface area contributed by atoms with Crippen LogP contribution in [0.1, 0.15) is 31.2 Å². The minimum Gasteiger partial charge on any atom is -0.454 e. The number of likely N-dealkylation sites (tertiary alicyclic amines) is 1. The fourth-order valence-corrected chi connectivity index (χ4v) is 4.00. The molecule has 0 unspecified atom stereocenters. The van der Waals surface area contributed by atoms with Crippen molar-refractivity contribution in [2.75, 3.05) is 31.9 Å². The van der Waals surface area contributed by atoms with Gasteiger partial charge in [-0.2, -0.15) is 11.8 Å². The zero-order valence-electron chi connectivity index (χ0n) is 14.6. The molecule has 2 heterocycles. The molecule has 1 aromatic carbocycles. The van der Waals surface area contributed by atoms with E-state index in [9.17, 15) is 4.79 Å². The molecule has 2 aliphatic rings. The predicted octanol–water partition coefficient (Wildman–Crippen LogP) is 3.29. The Labute approximate surface area is 158 Å². The normalized spacial score (nSPS) is 19.0. The maximum atomic E-state index is 12.0. The summed E-state index contributed by atoms with van der Waals surface area (Å²) in [5.74, 6) is 2.88. The van der Waals surface area contributed by atoms with Crippen molar-refractivity contribution in [3.05, 3.63) is 22.7 Å². The highest BCUT2D eigenvalue weighted by atomic mass is 35.5. The maximum Gasteiger partial charge on any atom is 0.231 e. The Bertz CT molecular complexity index is 614. The summed E-state index contributed by atoms with van der Waals surface area (Å²) in [7, 11) is 0. The molecular formula is C18H25ClN2O3S. The van der Waals surface area contributed by atoms with Crippen molar-refractivity contribution in [1.82, 2.24) is 10.2 Å². The molecule has 0 aromatic heterocycles. The van der Waals surface area contributed by atoms with Crippen LogP contribution >= 0.6 is 23.4 Å². The lowest BCUT2D eigenvalue weighted by Crippen LogP contribution is -2.36. The van der Waals surface area contributed by atoms with Gasteiger partial charge in [-0.1, -0.05) is 11.6 Å². The number of nitrogens with one attached hydrogen (secondary N) is 1. The SMILES string of the molecule is CSCCCN1C(=O)CC[C@H]1CCNCc1cc2c(cc1Cl)OCO2. The molecule has 0 aliphatic carbocycles. The Morgan fingerprint density at radius 1 is 1.36 bits per heavy atom. The number of carbonyl (C=O) groups is 1. The van der Waals surface area contributed by atoms with Gasteiger partial charge in [0.05, 0.1) is 0 Å². The van der Waals surface area contributed by atoms with Crippen LogP contribution in [0.5, 0.6) is 11.5 Å². The van der Waals surface area contributed by atoms with Gasteiger partial charge in [0, 0.05) is 36.6 Å². The van der Waals surface area contributed by atoms with E-state index in [0.29, 0.717) is 35.7 Å². The molecule has 5 nitrogen and oxygen atoms in total. The van der Waals surface area contributed by atoms with Gasteiger partial charge in [0.15, 0.2) is 11.5 Å². The van der Waals surface area contributed by atoms with E-state index in [1.807, 2.05) is 23.9 Å². The second-order valence-electron chi connectivity index (χ2n) is 6.39. The third-order valence-corrected chi connectivity index (χ3v) is 5.76. The van der Waals surface area contributed by atoms with Gasteiger partial charge in [0.2, 0.25) is 12.7 Å². The second-order valence-corrected chi connectivity index (χ2v) is 7.78. The number of halogens is 1. The van der Waals surface area contributed by atoms with Gasteiger partial charge in [-0.3, -0.25) is 4.79 Å². The largest absolute Gasteiger partial charge is 0.454 e. The average molecular weight is 385 g/mol. The standard InChI is InChI=1S/C18H25ClN2O3S/c1-25-8-2-7-21-14(3-4-18(21)22)5-6-20-11-13-9-16-17(10-15(13)19)24-12-23-16/h9-10,14,20H,2-8,11-12H2,1H3/t14-/m0/s1. The van der Waals surface area contributed by atoms with Gasteiger partial charge in [0.1, 0.15) is 0 Å². The van der Waals surface area contributed by atoms with Gasteiger partial charge in [-0.15, -0.1) is 0 Å². The van der Waals surface area contributed by atoms with Gasteiger partial charge >= 0.3 is 0 Å². The van der Waals surface area contributed by atoms with E-state index in [4.69, 9.17) is 21.1 Å². The molecule has 1 fully saturated rings. The van der Waals surface area contributed by atoms with Crippen LogP contribution in [0.4, 0.5) is 0 Å². The van der Waals surface area contributed by atoms with E-state index < -0.39 is 0 Å². The Morgan fingerprint density at radius 3 is 2.96 bits per heavy atom. The number of carbonyl (C=O) groups excluding carboxylic acids is 1. The molecule has 1 aromatic rings. The van der Waals surface area contributed by atoms with Crippen LogP contribution in [0.2, 0.25) is 5.02 Å². The first-order valence-corrected chi connectivity index (χ1v) is 10.5. The summed E-state index contributed by atoms with van der Waals surface area (Å²) in [4.78, 5) is 14.1. The Kier molecular flexibility index (Phi) is 6.73. The minimum atomic E-state index is 0.255. The van der Waals surface area contributed by atoms with E-state index in [1.165, 1.54) is 0 Å². The van der Waals surface area contributed by atoms with E-state index >= 15 is 0 Å². The van der Waals surface area contributed by atoms with Gasteiger partial charge < -0.3 is 19.7 Å². The fraction of sp³-hybridized carbons (Fsp3) is 0.611. The first-order valence-electron chi connectivity index (χ1n) is 8.76.